The molecular weight excluding hydrogens is 371 g/mol. The summed E-state index contributed by atoms with van der Waals surface area (Å²) in [5.41, 5.74) is 1.36. The predicted molar refractivity (Wildman–Crippen MR) is 99.6 cm³/mol. The van der Waals surface area contributed by atoms with Crippen molar-refractivity contribution >= 4 is 39.3 Å². The van der Waals surface area contributed by atoms with Gasteiger partial charge in [0.2, 0.25) is 11.8 Å². The summed E-state index contributed by atoms with van der Waals surface area (Å²) in [7, 11) is 0. The summed E-state index contributed by atoms with van der Waals surface area (Å²) >= 11 is 0. The molecule has 0 atom stereocenters. The van der Waals surface area contributed by atoms with Gasteiger partial charge in [-0.25, -0.2) is 10.0 Å². The molecule has 0 N–H and O–H groups in total. The third kappa shape index (κ3) is 3.08. The van der Waals surface area contributed by atoms with E-state index in [1.807, 2.05) is 0 Å². The molecule has 2 amide bonds. The molecule has 146 valence electrons. The number of rotatable bonds is 3. The highest BCUT2D eigenvalue weighted by Gasteiger charge is 2.31. The Morgan fingerprint density at radius 2 is 1.82 bits per heavy atom. The van der Waals surface area contributed by atoms with Gasteiger partial charge in [0.25, 0.3) is 0 Å². The van der Waals surface area contributed by atoms with Gasteiger partial charge in [0, 0.05) is 41.7 Å². The number of alkyl halides is 3. The van der Waals surface area contributed by atoms with Crippen LogP contribution < -0.4 is 5.01 Å². The quantitative estimate of drug-likeness (QED) is 0.672. The first-order chi connectivity index (χ1) is 13.3. The molecule has 1 aromatic heterocycles. The predicted octanol–water partition coefficient (Wildman–Crippen LogP) is 4.25. The Morgan fingerprint density at radius 3 is 2.46 bits per heavy atom. The number of anilines is 1. The maximum absolute atomic E-state index is 13.1. The van der Waals surface area contributed by atoms with E-state index in [1.54, 1.807) is 42.5 Å². The highest BCUT2D eigenvalue weighted by atomic mass is 19.4. The molecule has 28 heavy (non-hydrogen) atoms. The van der Waals surface area contributed by atoms with Crippen LogP contribution in [0.4, 0.5) is 18.9 Å². The van der Waals surface area contributed by atoms with E-state index in [1.165, 1.54) is 21.5 Å². The van der Waals surface area contributed by atoms with Crippen molar-refractivity contribution < 1.29 is 22.8 Å². The number of carbonyl (C=O) groups excluding carboxylic acids is 2. The van der Waals surface area contributed by atoms with Crippen LogP contribution in [0.25, 0.3) is 21.8 Å². The minimum absolute atomic E-state index is 0.144. The number of fused-ring (bicyclic) bond motifs is 3. The number of hydrazine groups is 1. The molecule has 0 aliphatic carbocycles. The van der Waals surface area contributed by atoms with Crippen LogP contribution in [0.3, 0.4) is 0 Å². The Bertz CT molecular complexity index is 1090. The van der Waals surface area contributed by atoms with Gasteiger partial charge in [-0.15, -0.1) is 0 Å². The number of amides is 2. The summed E-state index contributed by atoms with van der Waals surface area (Å²) in [6.45, 7) is 0.701. The molecule has 3 aromatic rings. The topological polar surface area (TPSA) is 45.6 Å². The molecule has 2 heterocycles. The SMILES string of the molecule is CC(=O)N(c1ccc2c(c1)c1ccccc1n2CC(F)(F)F)N1CCCC1=O. The zero-order valence-electron chi connectivity index (χ0n) is 15.2. The summed E-state index contributed by atoms with van der Waals surface area (Å²) in [5.74, 6) is -0.469. The second kappa shape index (κ2) is 6.54. The molecule has 0 unspecified atom stereocenters. The van der Waals surface area contributed by atoms with Gasteiger partial charge in [0.1, 0.15) is 6.54 Å². The first-order valence-corrected chi connectivity index (χ1v) is 8.95. The molecular formula is C20H18F3N3O2. The molecule has 8 heteroatoms. The van der Waals surface area contributed by atoms with Crippen LogP contribution in [0.5, 0.6) is 0 Å². The lowest BCUT2D eigenvalue weighted by atomic mass is 10.1. The Morgan fingerprint density at radius 1 is 1.11 bits per heavy atom. The Balaban J connectivity index is 1.90. The van der Waals surface area contributed by atoms with Gasteiger partial charge in [-0.3, -0.25) is 9.59 Å². The van der Waals surface area contributed by atoms with Crippen molar-refractivity contribution in [2.24, 2.45) is 0 Å². The van der Waals surface area contributed by atoms with Crippen molar-refractivity contribution in [2.75, 3.05) is 11.6 Å². The van der Waals surface area contributed by atoms with Crippen LogP contribution in [0.2, 0.25) is 0 Å². The number of hydrogen-bond acceptors (Lipinski definition) is 2. The van der Waals surface area contributed by atoms with Crippen LogP contribution in [-0.2, 0) is 16.1 Å². The molecule has 4 rings (SSSR count). The van der Waals surface area contributed by atoms with Crippen molar-refractivity contribution in [1.29, 1.82) is 0 Å². The smallest absolute Gasteiger partial charge is 0.331 e. The molecule has 1 saturated heterocycles. The minimum atomic E-state index is -4.36. The van der Waals surface area contributed by atoms with Crippen LogP contribution in [0.1, 0.15) is 19.8 Å². The maximum atomic E-state index is 13.1. The van der Waals surface area contributed by atoms with E-state index in [2.05, 4.69) is 0 Å². The molecule has 0 spiro atoms. The number of aromatic nitrogens is 1. The lowest BCUT2D eigenvalue weighted by Gasteiger charge is -2.30. The van der Waals surface area contributed by atoms with Crippen LogP contribution in [0, 0.1) is 0 Å². The Hall–Kier alpha value is -3.03. The minimum Gasteiger partial charge on any atom is -0.331 e. The summed E-state index contributed by atoms with van der Waals surface area (Å²) in [6.07, 6.45) is -3.33. The van der Waals surface area contributed by atoms with Gasteiger partial charge in [0.15, 0.2) is 0 Å². The number of hydrogen-bond donors (Lipinski definition) is 0. The van der Waals surface area contributed by atoms with Gasteiger partial charge in [-0.1, -0.05) is 18.2 Å². The first-order valence-electron chi connectivity index (χ1n) is 8.95. The van der Waals surface area contributed by atoms with E-state index in [9.17, 15) is 22.8 Å². The molecule has 0 radical (unpaired) electrons. The van der Waals surface area contributed by atoms with Crippen molar-refractivity contribution in [3.8, 4) is 0 Å². The lowest BCUT2D eigenvalue weighted by Crippen LogP contribution is -2.46. The molecule has 1 aliphatic heterocycles. The van der Waals surface area contributed by atoms with Gasteiger partial charge in [-0.2, -0.15) is 13.2 Å². The zero-order chi connectivity index (χ0) is 20.1. The molecule has 0 bridgehead atoms. The number of benzene rings is 2. The van der Waals surface area contributed by atoms with Crippen LogP contribution in [-0.4, -0.2) is 34.1 Å². The molecule has 0 saturated carbocycles. The summed E-state index contributed by atoms with van der Waals surface area (Å²) in [4.78, 5) is 24.4. The van der Waals surface area contributed by atoms with Crippen LogP contribution in [0.15, 0.2) is 42.5 Å². The van der Waals surface area contributed by atoms with Crippen molar-refractivity contribution in [2.45, 2.75) is 32.5 Å². The monoisotopic (exact) mass is 389 g/mol. The van der Waals surface area contributed by atoms with Gasteiger partial charge in [0.05, 0.1) is 5.69 Å². The third-order valence-electron chi connectivity index (χ3n) is 4.93. The first kappa shape index (κ1) is 18.3. The summed E-state index contributed by atoms with van der Waals surface area (Å²) in [5, 5.41) is 3.98. The fourth-order valence-electron chi connectivity index (χ4n) is 3.86. The highest BCUT2D eigenvalue weighted by Crippen LogP contribution is 2.35. The van der Waals surface area contributed by atoms with Crippen molar-refractivity contribution in [1.82, 2.24) is 9.58 Å². The average Bonchev–Trinajstić information content (AvgIpc) is 3.17. The third-order valence-corrected chi connectivity index (χ3v) is 4.93. The average molecular weight is 389 g/mol. The molecule has 1 aliphatic rings. The zero-order valence-corrected chi connectivity index (χ0v) is 15.2. The number of halogens is 3. The van der Waals surface area contributed by atoms with Crippen molar-refractivity contribution in [3.63, 3.8) is 0 Å². The molecule has 1 fully saturated rings. The number of para-hydroxylation sites is 1. The Labute approximate surface area is 158 Å². The molecule has 5 nitrogen and oxygen atoms in total. The lowest BCUT2D eigenvalue weighted by molar-refractivity contribution is -0.139. The largest absolute Gasteiger partial charge is 0.406 e. The van der Waals surface area contributed by atoms with E-state index in [0.717, 1.165) is 0 Å². The van der Waals surface area contributed by atoms with E-state index >= 15 is 0 Å². The van der Waals surface area contributed by atoms with Crippen LogP contribution >= 0.6 is 0 Å². The fourth-order valence-corrected chi connectivity index (χ4v) is 3.86. The molecule has 2 aromatic carbocycles. The van der Waals surface area contributed by atoms with E-state index in [4.69, 9.17) is 0 Å². The van der Waals surface area contributed by atoms with E-state index in [0.29, 0.717) is 46.9 Å². The summed E-state index contributed by atoms with van der Waals surface area (Å²) in [6, 6.07) is 11.7. The summed E-state index contributed by atoms with van der Waals surface area (Å²) < 4.78 is 40.6. The highest BCUT2D eigenvalue weighted by molar-refractivity contribution is 6.10. The van der Waals surface area contributed by atoms with Gasteiger partial charge in [-0.05, 0) is 30.7 Å². The number of nitrogens with zero attached hydrogens (tertiary/aromatic N) is 3. The number of carbonyl (C=O) groups is 2. The normalized spacial score (nSPS) is 15.0. The Kier molecular flexibility index (Phi) is 4.28. The van der Waals surface area contributed by atoms with Gasteiger partial charge < -0.3 is 4.57 Å². The standard InChI is InChI=1S/C20H18F3N3O2/c1-13(27)26(25-10-4-7-19(25)28)14-8-9-18-16(11-14)15-5-2-3-6-17(15)24(18)12-20(21,22)23/h2-3,5-6,8-9,11H,4,7,10,12H2,1H3. The fraction of sp³-hybridized carbons (Fsp3) is 0.300. The van der Waals surface area contributed by atoms with E-state index < -0.39 is 12.7 Å². The second-order valence-corrected chi connectivity index (χ2v) is 6.87. The maximum Gasteiger partial charge on any atom is 0.406 e. The van der Waals surface area contributed by atoms with Gasteiger partial charge >= 0.3 is 6.18 Å². The van der Waals surface area contributed by atoms with E-state index in [-0.39, 0.29) is 11.8 Å². The van der Waals surface area contributed by atoms with Crippen molar-refractivity contribution in [3.05, 3.63) is 42.5 Å². The second-order valence-electron chi connectivity index (χ2n) is 6.87.